The number of hydrogen-bond donors (Lipinski definition) is 0. The van der Waals surface area contributed by atoms with E-state index in [2.05, 4.69) is 71.8 Å². The molecule has 1 aliphatic heterocycles. The largest absolute Gasteiger partial charge is 0.497 e. The highest BCUT2D eigenvalue weighted by Gasteiger charge is 2.25. The summed E-state index contributed by atoms with van der Waals surface area (Å²) in [4.78, 5) is 7.39. The Balaban J connectivity index is 1.47. The van der Waals surface area contributed by atoms with Crippen LogP contribution in [0.3, 0.4) is 0 Å². The Kier molecular flexibility index (Phi) is 5.60. The fourth-order valence-electron chi connectivity index (χ4n) is 5.07. The molecule has 1 saturated heterocycles. The Bertz CT molecular complexity index is 1200. The second-order valence-corrected chi connectivity index (χ2v) is 8.85. The van der Waals surface area contributed by atoms with Crippen LogP contribution in [0.5, 0.6) is 5.75 Å². The minimum Gasteiger partial charge on any atom is -0.497 e. The third-order valence-electron chi connectivity index (χ3n) is 7.09. The van der Waals surface area contributed by atoms with Crippen molar-refractivity contribution in [2.45, 2.75) is 39.2 Å². The van der Waals surface area contributed by atoms with Gasteiger partial charge in [-0.05, 0) is 67.5 Å². The molecule has 0 radical (unpaired) electrons. The van der Waals surface area contributed by atoms with E-state index in [0.717, 1.165) is 31.2 Å². The van der Waals surface area contributed by atoms with E-state index in [0.29, 0.717) is 5.92 Å². The number of methoxy groups -OCH3 is 1. The number of hydrogen-bond acceptors (Lipinski definition) is 3. The van der Waals surface area contributed by atoms with E-state index in [1.165, 1.54) is 46.1 Å². The van der Waals surface area contributed by atoms with Gasteiger partial charge in [0.15, 0.2) is 5.82 Å². The lowest BCUT2D eigenvalue weighted by Gasteiger charge is -2.33. The third kappa shape index (κ3) is 3.75. The molecule has 5 rings (SSSR count). The van der Waals surface area contributed by atoms with Gasteiger partial charge in [0.05, 0.1) is 12.6 Å². The Hall–Kier alpha value is -3.27. The monoisotopic (exact) mass is 425 g/mol. The summed E-state index contributed by atoms with van der Waals surface area (Å²) in [7, 11) is 1.71. The molecule has 0 bridgehead atoms. The molecule has 0 spiro atoms. The van der Waals surface area contributed by atoms with Crippen molar-refractivity contribution in [3.8, 4) is 5.75 Å². The first-order valence-corrected chi connectivity index (χ1v) is 11.5. The maximum absolute atomic E-state index is 5.33. The minimum absolute atomic E-state index is 0.640. The molecule has 0 N–H and O–H groups in total. The highest BCUT2D eigenvalue weighted by molar-refractivity contribution is 5.93. The molecule has 1 fully saturated rings. The minimum atomic E-state index is 0.640. The van der Waals surface area contributed by atoms with E-state index < -0.39 is 0 Å². The lowest BCUT2D eigenvalue weighted by Crippen LogP contribution is -2.33. The van der Waals surface area contributed by atoms with Crippen LogP contribution in [-0.2, 0) is 6.54 Å². The quantitative estimate of drug-likeness (QED) is 0.387. The number of rotatable bonds is 5. The average molecular weight is 426 g/mol. The molecule has 4 aromatic rings. The summed E-state index contributed by atoms with van der Waals surface area (Å²) >= 11 is 0. The first-order chi connectivity index (χ1) is 15.7. The van der Waals surface area contributed by atoms with Crippen molar-refractivity contribution in [1.29, 1.82) is 0 Å². The maximum Gasteiger partial charge on any atom is 0.153 e. The summed E-state index contributed by atoms with van der Waals surface area (Å²) in [6.45, 7) is 7.37. The first-order valence-electron chi connectivity index (χ1n) is 11.5. The molecule has 4 nitrogen and oxygen atoms in total. The van der Waals surface area contributed by atoms with Crippen molar-refractivity contribution in [2.24, 2.45) is 0 Å². The molecule has 32 heavy (non-hydrogen) atoms. The van der Waals surface area contributed by atoms with Gasteiger partial charge in [-0.15, -0.1) is 0 Å². The predicted molar refractivity (Wildman–Crippen MR) is 132 cm³/mol. The molecule has 0 aliphatic carbocycles. The van der Waals surface area contributed by atoms with Crippen molar-refractivity contribution in [3.63, 3.8) is 0 Å². The van der Waals surface area contributed by atoms with Crippen molar-refractivity contribution < 1.29 is 4.74 Å². The molecule has 2 aromatic carbocycles. The van der Waals surface area contributed by atoms with Crippen molar-refractivity contribution in [1.82, 2.24) is 9.55 Å². The van der Waals surface area contributed by atoms with Gasteiger partial charge >= 0.3 is 0 Å². The second-order valence-electron chi connectivity index (χ2n) is 8.85. The third-order valence-corrected chi connectivity index (χ3v) is 7.09. The Morgan fingerprint density at radius 3 is 2.34 bits per heavy atom. The number of pyridine rings is 1. The van der Waals surface area contributed by atoms with Crippen LogP contribution >= 0.6 is 0 Å². The zero-order valence-corrected chi connectivity index (χ0v) is 19.2. The number of aromatic nitrogens is 2. The summed E-state index contributed by atoms with van der Waals surface area (Å²) in [5, 5.41) is 1.31. The van der Waals surface area contributed by atoms with E-state index in [1.54, 1.807) is 7.11 Å². The van der Waals surface area contributed by atoms with Crippen molar-refractivity contribution in [3.05, 3.63) is 89.2 Å². The van der Waals surface area contributed by atoms with Crippen LogP contribution in [0, 0.1) is 13.8 Å². The second kappa shape index (κ2) is 8.70. The van der Waals surface area contributed by atoms with Gasteiger partial charge in [0.2, 0.25) is 0 Å². The van der Waals surface area contributed by atoms with Gasteiger partial charge in [0.25, 0.3) is 0 Å². The molecule has 1 aliphatic rings. The SMILES string of the molecule is COc1ccc(Cn2c(C)c(C)c3ccnc(N4CCC(c5ccccc5)CC4)c32)cc1. The molecular weight excluding hydrogens is 394 g/mol. The average Bonchev–Trinajstić information content (AvgIpc) is 3.10. The summed E-state index contributed by atoms with van der Waals surface area (Å²) in [6.07, 6.45) is 4.31. The normalized spacial score (nSPS) is 14.8. The fraction of sp³-hybridized carbons (Fsp3) is 0.321. The van der Waals surface area contributed by atoms with E-state index in [9.17, 15) is 0 Å². The number of ether oxygens (including phenoxy) is 1. The van der Waals surface area contributed by atoms with Crippen LogP contribution in [-0.4, -0.2) is 29.8 Å². The van der Waals surface area contributed by atoms with Crippen molar-refractivity contribution >= 4 is 16.7 Å². The zero-order valence-electron chi connectivity index (χ0n) is 19.2. The molecule has 3 heterocycles. The van der Waals surface area contributed by atoms with E-state index in [-0.39, 0.29) is 0 Å². The van der Waals surface area contributed by atoms with Crippen LogP contribution in [0.25, 0.3) is 10.9 Å². The van der Waals surface area contributed by atoms with Gasteiger partial charge in [-0.1, -0.05) is 42.5 Å². The van der Waals surface area contributed by atoms with Crippen molar-refractivity contribution in [2.75, 3.05) is 25.1 Å². The number of piperidine rings is 1. The lowest BCUT2D eigenvalue weighted by atomic mass is 9.89. The number of fused-ring (bicyclic) bond motifs is 1. The van der Waals surface area contributed by atoms with E-state index in [1.807, 2.05) is 18.3 Å². The smallest absolute Gasteiger partial charge is 0.153 e. The predicted octanol–water partition coefficient (Wildman–Crippen LogP) is 6.09. The molecule has 0 saturated carbocycles. The Morgan fingerprint density at radius 1 is 0.938 bits per heavy atom. The molecule has 164 valence electrons. The molecule has 0 unspecified atom stereocenters. The van der Waals surface area contributed by atoms with Gasteiger partial charge in [-0.3, -0.25) is 0 Å². The van der Waals surface area contributed by atoms with Gasteiger partial charge in [-0.2, -0.15) is 0 Å². The highest BCUT2D eigenvalue weighted by atomic mass is 16.5. The maximum atomic E-state index is 5.33. The zero-order chi connectivity index (χ0) is 22.1. The number of aryl methyl sites for hydroxylation is 1. The molecule has 4 heteroatoms. The van der Waals surface area contributed by atoms with Crippen LogP contribution in [0.1, 0.15) is 41.1 Å². The van der Waals surface area contributed by atoms with Gasteiger partial charge in [0, 0.05) is 36.9 Å². The summed E-state index contributed by atoms with van der Waals surface area (Å²) in [6, 6.07) is 21.5. The summed E-state index contributed by atoms with van der Waals surface area (Å²) in [5.74, 6) is 2.66. The topological polar surface area (TPSA) is 30.3 Å². The lowest BCUT2D eigenvalue weighted by molar-refractivity contribution is 0.414. The Labute approximate surface area is 190 Å². The standard InChI is InChI=1S/C28H31N3O/c1-20-21(2)31(19-22-9-11-25(32-3)12-10-22)27-26(20)13-16-29-28(27)30-17-14-24(15-18-30)23-7-5-4-6-8-23/h4-13,16,24H,14-15,17-19H2,1-3H3. The highest BCUT2D eigenvalue weighted by Crippen LogP contribution is 2.35. The number of anilines is 1. The van der Waals surface area contributed by atoms with Crippen LogP contribution < -0.4 is 9.64 Å². The Morgan fingerprint density at radius 2 is 1.66 bits per heavy atom. The first kappa shape index (κ1) is 20.6. The fourth-order valence-corrected chi connectivity index (χ4v) is 5.07. The summed E-state index contributed by atoms with van der Waals surface area (Å²) < 4.78 is 7.78. The van der Waals surface area contributed by atoms with Crippen LogP contribution in [0.2, 0.25) is 0 Å². The van der Waals surface area contributed by atoms with Crippen LogP contribution in [0.15, 0.2) is 66.9 Å². The summed E-state index contributed by atoms with van der Waals surface area (Å²) in [5.41, 5.74) is 6.65. The molecule has 0 amide bonds. The van der Waals surface area contributed by atoms with E-state index >= 15 is 0 Å². The van der Waals surface area contributed by atoms with Crippen LogP contribution in [0.4, 0.5) is 5.82 Å². The number of benzene rings is 2. The van der Waals surface area contributed by atoms with Gasteiger partial charge in [0.1, 0.15) is 5.75 Å². The van der Waals surface area contributed by atoms with Gasteiger partial charge < -0.3 is 14.2 Å². The molecular formula is C28H31N3O. The van der Waals surface area contributed by atoms with Gasteiger partial charge in [-0.25, -0.2) is 4.98 Å². The van der Waals surface area contributed by atoms with E-state index in [4.69, 9.17) is 9.72 Å². The molecule has 2 aromatic heterocycles. The molecule has 0 atom stereocenters. The number of nitrogens with zero attached hydrogens (tertiary/aromatic N) is 3.